The zero-order valence-electron chi connectivity index (χ0n) is 11.3. The number of rotatable bonds is 2. The number of hydrogen-bond donors (Lipinski definition) is 2. The van der Waals surface area contributed by atoms with Crippen molar-refractivity contribution in [3.63, 3.8) is 0 Å². The van der Waals surface area contributed by atoms with Gasteiger partial charge in [0.2, 0.25) is 0 Å². The molecule has 0 radical (unpaired) electrons. The molecule has 0 unspecified atom stereocenters. The van der Waals surface area contributed by atoms with Crippen molar-refractivity contribution in [2.45, 2.75) is 6.18 Å². The molecule has 2 aromatic heterocycles. The van der Waals surface area contributed by atoms with Crippen LogP contribution in [0.25, 0.3) is 22.3 Å². The zero-order valence-corrected chi connectivity index (χ0v) is 11.3. The fourth-order valence-corrected chi connectivity index (χ4v) is 2.24. The van der Waals surface area contributed by atoms with Crippen LogP contribution in [-0.4, -0.2) is 25.8 Å². The second kappa shape index (κ2) is 4.62. The largest absolute Gasteiger partial charge is 0.477 e. The van der Waals surface area contributed by atoms with Crippen molar-refractivity contribution in [1.29, 1.82) is 0 Å². The van der Waals surface area contributed by atoms with Gasteiger partial charge in [-0.15, -0.1) is 0 Å². The SMILES string of the molecule is Cn1nc(-c2cc3ccc(C(F)(F)F)cc3[nH]2)cc1C(=O)O. The monoisotopic (exact) mass is 309 g/mol. The highest BCUT2D eigenvalue weighted by molar-refractivity contribution is 5.89. The molecule has 3 rings (SSSR count). The van der Waals surface area contributed by atoms with Crippen LogP contribution in [0.3, 0.4) is 0 Å². The van der Waals surface area contributed by atoms with Gasteiger partial charge in [-0.3, -0.25) is 4.68 Å². The van der Waals surface area contributed by atoms with Crippen molar-refractivity contribution in [1.82, 2.24) is 14.8 Å². The van der Waals surface area contributed by atoms with E-state index in [0.717, 1.165) is 12.1 Å². The second-order valence-electron chi connectivity index (χ2n) is 4.83. The normalized spacial score (nSPS) is 12.0. The molecular weight excluding hydrogens is 299 g/mol. The van der Waals surface area contributed by atoms with E-state index in [2.05, 4.69) is 10.1 Å². The highest BCUT2D eigenvalue weighted by Crippen LogP contribution is 2.32. The molecule has 0 bridgehead atoms. The van der Waals surface area contributed by atoms with Crippen molar-refractivity contribution in [2.75, 3.05) is 0 Å². The number of alkyl halides is 3. The number of carboxylic acids is 1. The topological polar surface area (TPSA) is 70.9 Å². The van der Waals surface area contributed by atoms with E-state index >= 15 is 0 Å². The van der Waals surface area contributed by atoms with Crippen molar-refractivity contribution in [2.24, 2.45) is 7.05 Å². The summed E-state index contributed by atoms with van der Waals surface area (Å²) >= 11 is 0. The molecule has 5 nitrogen and oxygen atoms in total. The standard InChI is InChI=1S/C14H10F3N3O2/c1-20-12(13(21)22)6-11(19-20)10-4-7-2-3-8(14(15,16)17)5-9(7)18-10/h2-6,18H,1H3,(H,21,22). The van der Waals surface area contributed by atoms with Crippen LogP contribution < -0.4 is 0 Å². The number of nitrogens with zero attached hydrogens (tertiary/aromatic N) is 2. The quantitative estimate of drug-likeness (QED) is 0.763. The molecule has 0 amide bonds. The van der Waals surface area contributed by atoms with Gasteiger partial charge in [-0.1, -0.05) is 6.07 Å². The van der Waals surface area contributed by atoms with E-state index in [4.69, 9.17) is 5.11 Å². The number of benzene rings is 1. The molecule has 114 valence electrons. The van der Waals surface area contributed by atoms with Crippen molar-refractivity contribution in [3.05, 3.63) is 41.6 Å². The number of aromatic nitrogens is 3. The van der Waals surface area contributed by atoms with Gasteiger partial charge in [0, 0.05) is 24.0 Å². The van der Waals surface area contributed by atoms with Crippen LogP contribution in [-0.2, 0) is 13.2 Å². The predicted octanol–water partition coefficient (Wildman–Crippen LogP) is 3.29. The molecule has 0 saturated heterocycles. The molecule has 3 aromatic rings. The van der Waals surface area contributed by atoms with Crippen LogP contribution >= 0.6 is 0 Å². The number of carbonyl (C=O) groups is 1. The fourth-order valence-electron chi connectivity index (χ4n) is 2.24. The number of halogens is 3. The number of hydrogen-bond acceptors (Lipinski definition) is 2. The number of fused-ring (bicyclic) bond motifs is 1. The second-order valence-corrected chi connectivity index (χ2v) is 4.83. The number of nitrogens with one attached hydrogen (secondary N) is 1. The van der Waals surface area contributed by atoms with Crippen LogP contribution in [0, 0.1) is 0 Å². The maximum atomic E-state index is 12.7. The van der Waals surface area contributed by atoms with E-state index in [1.807, 2.05) is 0 Å². The number of aromatic amines is 1. The summed E-state index contributed by atoms with van der Waals surface area (Å²) in [5, 5.41) is 13.6. The van der Waals surface area contributed by atoms with Crippen LogP contribution in [0.15, 0.2) is 30.3 Å². The lowest BCUT2D eigenvalue weighted by atomic mass is 10.1. The fraction of sp³-hybridized carbons (Fsp3) is 0.143. The molecule has 22 heavy (non-hydrogen) atoms. The summed E-state index contributed by atoms with van der Waals surface area (Å²) in [6.45, 7) is 0. The Morgan fingerprint density at radius 1 is 1.27 bits per heavy atom. The molecule has 2 N–H and O–H groups in total. The van der Waals surface area contributed by atoms with E-state index < -0.39 is 17.7 Å². The third kappa shape index (κ3) is 2.32. The minimum Gasteiger partial charge on any atom is -0.477 e. The highest BCUT2D eigenvalue weighted by Gasteiger charge is 2.30. The van der Waals surface area contributed by atoms with Gasteiger partial charge < -0.3 is 10.1 Å². The van der Waals surface area contributed by atoms with Gasteiger partial charge in [0.05, 0.1) is 11.3 Å². The molecule has 0 aliphatic heterocycles. The Kier molecular flexibility index (Phi) is 2.98. The minimum atomic E-state index is -4.42. The smallest absolute Gasteiger partial charge is 0.416 e. The third-order valence-electron chi connectivity index (χ3n) is 3.32. The van der Waals surface area contributed by atoms with Gasteiger partial charge in [0.1, 0.15) is 11.4 Å². The molecule has 0 fully saturated rings. The van der Waals surface area contributed by atoms with Crippen LogP contribution in [0.1, 0.15) is 16.1 Å². The summed E-state index contributed by atoms with van der Waals surface area (Å²) in [5.74, 6) is -1.13. The van der Waals surface area contributed by atoms with Gasteiger partial charge in [-0.2, -0.15) is 18.3 Å². The first kappa shape index (κ1) is 14.2. The number of carboxylic acid groups (broad SMARTS) is 1. The Morgan fingerprint density at radius 2 is 2.00 bits per heavy atom. The Morgan fingerprint density at radius 3 is 2.59 bits per heavy atom. The van der Waals surface area contributed by atoms with E-state index in [-0.39, 0.29) is 5.69 Å². The van der Waals surface area contributed by atoms with Gasteiger partial charge in [-0.05, 0) is 18.2 Å². The molecule has 0 atom stereocenters. The Hall–Kier alpha value is -2.77. The number of H-pyrrole nitrogens is 1. The summed E-state index contributed by atoms with van der Waals surface area (Å²) in [7, 11) is 1.48. The molecule has 0 saturated carbocycles. The van der Waals surface area contributed by atoms with E-state index in [0.29, 0.717) is 22.3 Å². The first-order valence-electron chi connectivity index (χ1n) is 6.23. The van der Waals surface area contributed by atoms with Gasteiger partial charge >= 0.3 is 12.1 Å². The van der Waals surface area contributed by atoms with Gasteiger partial charge in [0.15, 0.2) is 0 Å². The van der Waals surface area contributed by atoms with Crippen LogP contribution in [0.2, 0.25) is 0 Å². The summed E-state index contributed by atoms with van der Waals surface area (Å²) in [5.41, 5.74) is 0.361. The lowest BCUT2D eigenvalue weighted by molar-refractivity contribution is -0.137. The maximum Gasteiger partial charge on any atom is 0.416 e. The highest BCUT2D eigenvalue weighted by atomic mass is 19.4. The van der Waals surface area contributed by atoms with Crippen molar-refractivity contribution >= 4 is 16.9 Å². The lowest BCUT2D eigenvalue weighted by Gasteiger charge is -2.05. The first-order valence-corrected chi connectivity index (χ1v) is 6.23. The van der Waals surface area contributed by atoms with Crippen LogP contribution in [0.4, 0.5) is 13.2 Å². The summed E-state index contributed by atoms with van der Waals surface area (Å²) in [6, 6.07) is 6.36. The van der Waals surface area contributed by atoms with Gasteiger partial charge in [0.25, 0.3) is 0 Å². The minimum absolute atomic E-state index is 0.00960. The Bertz CT molecular complexity index is 877. The Balaban J connectivity index is 2.09. The van der Waals surface area contributed by atoms with Crippen molar-refractivity contribution in [3.8, 4) is 11.4 Å². The predicted molar refractivity (Wildman–Crippen MR) is 72.5 cm³/mol. The summed E-state index contributed by atoms with van der Waals surface area (Å²) < 4.78 is 39.3. The van der Waals surface area contributed by atoms with E-state index in [1.165, 1.54) is 23.9 Å². The lowest BCUT2D eigenvalue weighted by Crippen LogP contribution is -2.04. The summed E-state index contributed by atoms with van der Waals surface area (Å²) in [4.78, 5) is 13.8. The number of aryl methyl sites for hydroxylation is 1. The zero-order chi connectivity index (χ0) is 16.1. The van der Waals surface area contributed by atoms with Gasteiger partial charge in [-0.25, -0.2) is 4.79 Å². The average Bonchev–Trinajstić information content (AvgIpc) is 2.99. The Labute approximate surface area is 122 Å². The third-order valence-corrected chi connectivity index (χ3v) is 3.32. The molecule has 2 heterocycles. The molecule has 0 spiro atoms. The number of aromatic carboxylic acids is 1. The summed E-state index contributed by atoms with van der Waals surface area (Å²) in [6.07, 6.45) is -4.42. The molecule has 0 aliphatic carbocycles. The molecule has 1 aromatic carbocycles. The first-order chi connectivity index (χ1) is 10.3. The molecule has 8 heteroatoms. The van der Waals surface area contributed by atoms with E-state index in [1.54, 1.807) is 6.07 Å². The molecule has 0 aliphatic rings. The average molecular weight is 309 g/mol. The van der Waals surface area contributed by atoms with Crippen molar-refractivity contribution < 1.29 is 23.1 Å². The van der Waals surface area contributed by atoms with Crippen LogP contribution in [0.5, 0.6) is 0 Å². The maximum absolute atomic E-state index is 12.7. The van der Waals surface area contributed by atoms with E-state index in [9.17, 15) is 18.0 Å². The molecular formula is C14H10F3N3O2.